The van der Waals surface area contributed by atoms with Gasteiger partial charge in [-0.1, -0.05) is 0 Å². The molecule has 7 nitrogen and oxygen atoms in total. The van der Waals surface area contributed by atoms with Gasteiger partial charge in [0.05, 0.1) is 30.1 Å². The molecule has 1 aliphatic carbocycles. The van der Waals surface area contributed by atoms with Crippen molar-refractivity contribution < 1.29 is 23.9 Å². The largest absolute Gasteiger partial charge is 0.490 e. The van der Waals surface area contributed by atoms with Crippen LogP contribution in [0.5, 0.6) is 5.75 Å². The van der Waals surface area contributed by atoms with Crippen molar-refractivity contribution in [1.82, 2.24) is 10.4 Å². The fraction of sp³-hybridized carbons (Fsp3) is 0.550. The fourth-order valence-corrected chi connectivity index (χ4v) is 4.87. The molecule has 5 rings (SSSR count). The van der Waals surface area contributed by atoms with E-state index >= 15 is 0 Å². The molecule has 3 heterocycles. The number of amides is 3. The van der Waals surface area contributed by atoms with Crippen LogP contribution in [0, 0.1) is 11.8 Å². The van der Waals surface area contributed by atoms with E-state index in [-0.39, 0.29) is 30.1 Å². The number of benzene rings is 1. The maximum absolute atomic E-state index is 12.6. The second-order valence-electron chi connectivity index (χ2n) is 7.84. The normalized spacial score (nSPS) is 32.2. The minimum atomic E-state index is -0.475. The number of hydrogen-bond acceptors (Lipinski definition) is 5. The number of rotatable bonds is 4. The Morgan fingerprint density at radius 1 is 0.963 bits per heavy atom. The van der Waals surface area contributed by atoms with E-state index in [1.165, 1.54) is 12.8 Å². The molecule has 0 spiro atoms. The monoisotopic (exact) mass is 370 g/mol. The van der Waals surface area contributed by atoms with E-state index in [4.69, 9.17) is 9.47 Å². The summed E-state index contributed by atoms with van der Waals surface area (Å²) in [6, 6.07) is 6.81. The van der Waals surface area contributed by atoms with Crippen LogP contribution >= 0.6 is 0 Å². The standard InChI is InChI=1S/C20H22N2O5/c23-18(11-5-7-13(8-6-11)26-12-3-1-2-4-12)21-22-19(24)16-14-9-10-15(27-14)17(16)20(22)25/h5-8,12,14-17H,1-4,9-10H2,(H,21,23). The van der Waals surface area contributed by atoms with Gasteiger partial charge in [-0.05, 0) is 62.8 Å². The molecule has 4 aliphatic rings. The van der Waals surface area contributed by atoms with Crippen LogP contribution in [0.2, 0.25) is 0 Å². The van der Waals surface area contributed by atoms with E-state index in [2.05, 4.69) is 5.43 Å². The summed E-state index contributed by atoms with van der Waals surface area (Å²) in [7, 11) is 0. The number of fused-ring (bicyclic) bond motifs is 5. The molecule has 4 fully saturated rings. The first-order chi connectivity index (χ1) is 13.1. The molecule has 27 heavy (non-hydrogen) atoms. The molecule has 1 saturated carbocycles. The van der Waals surface area contributed by atoms with Crippen LogP contribution < -0.4 is 10.2 Å². The van der Waals surface area contributed by atoms with Crippen LogP contribution in [0.25, 0.3) is 0 Å². The number of ether oxygens (including phenoxy) is 2. The van der Waals surface area contributed by atoms with Gasteiger partial charge in [0.25, 0.3) is 17.7 Å². The third kappa shape index (κ3) is 2.72. The number of imide groups is 1. The Morgan fingerprint density at radius 2 is 1.56 bits per heavy atom. The third-order valence-corrected chi connectivity index (χ3v) is 6.22. The molecular weight excluding hydrogens is 348 g/mol. The highest BCUT2D eigenvalue weighted by Crippen LogP contribution is 2.48. The maximum atomic E-state index is 12.6. The number of carbonyl (C=O) groups excluding carboxylic acids is 3. The van der Waals surface area contributed by atoms with E-state index in [9.17, 15) is 14.4 Å². The minimum absolute atomic E-state index is 0.189. The molecule has 1 aromatic rings. The Labute approximate surface area is 157 Å². The van der Waals surface area contributed by atoms with Crippen molar-refractivity contribution in [3.63, 3.8) is 0 Å². The Morgan fingerprint density at radius 3 is 2.15 bits per heavy atom. The van der Waals surface area contributed by atoms with E-state index in [1.807, 2.05) is 0 Å². The van der Waals surface area contributed by atoms with Gasteiger partial charge in [0.15, 0.2) is 0 Å². The lowest BCUT2D eigenvalue weighted by atomic mass is 9.81. The summed E-state index contributed by atoms with van der Waals surface area (Å²) in [5.74, 6) is -1.34. The molecule has 3 saturated heterocycles. The highest BCUT2D eigenvalue weighted by atomic mass is 16.5. The van der Waals surface area contributed by atoms with Gasteiger partial charge in [0.1, 0.15) is 5.75 Å². The predicted octanol–water partition coefficient (Wildman–Crippen LogP) is 1.82. The first-order valence-electron chi connectivity index (χ1n) is 9.73. The first kappa shape index (κ1) is 16.7. The lowest BCUT2D eigenvalue weighted by molar-refractivity contribution is -0.145. The molecule has 142 valence electrons. The average Bonchev–Trinajstić information content (AvgIpc) is 3.45. The molecule has 3 aliphatic heterocycles. The highest BCUT2D eigenvalue weighted by Gasteiger charge is 2.62. The van der Waals surface area contributed by atoms with Gasteiger partial charge in [-0.15, -0.1) is 0 Å². The average molecular weight is 370 g/mol. The molecule has 1 N–H and O–H groups in total. The van der Waals surface area contributed by atoms with Crippen molar-refractivity contribution in [2.75, 3.05) is 0 Å². The van der Waals surface area contributed by atoms with Crippen molar-refractivity contribution in [1.29, 1.82) is 0 Å². The second-order valence-corrected chi connectivity index (χ2v) is 7.84. The molecule has 0 aromatic heterocycles. The summed E-state index contributed by atoms with van der Waals surface area (Å²) in [4.78, 5) is 37.7. The number of carbonyl (C=O) groups is 3. The second kappa shape index (κ2) is 6.34. The van der Waals surface area contributed by atoms with Gasteiger partial charge in [-0.3, -0.25) is 19.8 Å². The van der Waals surface area contributed by atoms with Crippen LogP contribution in [0.1, 0.15) is 48.9 Å². The minimum Gasteiger partial charge on any atom is -0.490 e. The van der Waals surface area contributed by atoms with Gasteiger partial charge in [-0.2, -0.15) is 5.01 Å². The highest BCUT2D eigenvalue weighted by molar-refractivity contribution is 6.08. The number of nitrogens with zero attached hydrogens (tertiary/aromatic N) is 1. The van der Waals surface area contributed by atoms with Gasteiger partial charge in [0, 0.05) is 5.56 Å². The summed E-state index contributed by atoms with van der Waals surface area (Å²) >= 11 is 0. The van der Waals surface area contributed by atoms with Crippen LogP contribution in [0.3, 0.4) is 0 Å². The summed E-state index contributed by atoms with van der Waals surface area (Å²) in [6.07, 6.45) is 5.99. The number of nitrogens with one attached hydrogen (secondary N) is 1. The molecule has 2 bridgehead atoms. The summed E-state index contributed by atoms with van der Waals surface area (Å²) in [5, 5.41) is 0.897. The van der Waals surface area contributed by atoms with Gasteiger partial charge in [-0.25, -0.2) is 0 Å². The van der Waals surface area contributed by atoms with Crippen LogP contribution in [0.4, 0.5) is 0 Å². The number of hydrogen-bond donors (Lipinski definition) is 1. The molecule has 7 heteroatoms. The van der Waals surface area contributed by atoms with E-state index in [0.717, 1.165) is 36.4 Å². The van der Waals surface area contributed by atoms with Gasteiger partial charge in [0.2, 0.25) is 0 Å². The molecule has 0 radical (unpaired) electrons. The smallest absolute Gasteiger partial charge is 0.270 e. The van der Waals surface area contributed by atoms with Crippen LogP contribution in [-0.4, -0.2) is 41.0 Å². The van der Waals surface area contributed by atoms with E-state index in [0.29, 0.717) is 5.56 Å². The molecular formula is C20H22N2O5. The van der Waals surface area contributed by atoms with Crippen molar-refractivity contribution in [3.8, 4) is 5.75 Å². The van der Waals surface area contributed by atoms with Crippen molar-refractivity contribution in [2.45, 2.75) is 56.8 Å². The Kier molecular flexibility index (Phi) is 3.93. The molecule has 4 atom stereocenters. The number of hydrazine groups is 1. The molecule has 1 aromatic carbocycles. The lowest BCUT2D eigenvalue weighted by Gasteiger charge is -2.18. The molecule has 3 amide bonds. The Hall–Kier alpha value is -2.41. The van der Waals surface area contributed by atoms with E-state index in [1.54, 1.807) is 24.3 Å². The van der Waals surface area contributed by atoms with Crippen molar-refractivity contribution in [3.05, 3.63) is 29.8 Å². The summed E-state index contributed by atoms with van der Waals surface area (Å²) in [6.45, 7) is 0. The predicted molar refractivity (Wildman–Crippen MR) is 93.5 cm³/mol. The van der Waals surface area contributed by atoms with Crippen molar-refractivity contribution >= 4 is 17.7 Å². The van der Waals surface area contributed by atoms with Crippen LogP contribution in [0.15, 0.2) is 24.3 Å². The summed E-state index contributed by atoms with van der Waals surface area (Å²) < 4.78 is 11.6. The quantitative estimate of drug-likeness (QED) is 0.817. The third-order valence-electron chi connectivity index (χ3n) is 6.22. The lowest BCUT2D eigenvalue weighted by Crippen LogP contribution is -2.47. The Bertz CT molecular complexity index is 758. The summed E-state index contributed by atoms with van der Waals surface area (Å²) in [5.41, 5.74) is 2.86. The maximum Gasteiger partial charge on any atom is 0.270 e. The van der Waals surface area contributed by atoms with E-state index < -0.39 is 17.7 Å². The van der Waals surface area contributed by atoms with Gasteiger partial charge < -0.3 is 9.47 Å². The van der Waals surface area contributed by atoms with Crippen molar-refractivity contribution in [2.24, 2.45) is 11.8 Å². The zero-order valence-corrected chi connectivity index (χ0v) is 14.9. The van der Waals surface area contributed by atoms with Gasteiger partial charge >= 0.3 is 0 Å². The zero-order chi connectivity index (χ0) is 18.5. The first-order valence-corrected chi connectivity index (χ1v) is 9.73. The topological polar surface area (TPSA) is 84.9 Å². The molecule has 4 unspecified atom stereocenters. The SMILES string of the molecule is O=C(NN1C(=O)C2C3CCC(O3)C2C1=O)c1ccc(OC2CCCC2)cc1. The fourth-order valence-electron chi connectivity index (χ4n) is 4.87. The van der Waals surface area contributed by atoms with Crippen LogP contribution in [-0.2, 0) is 14.3 Å². The zero-order valence-electron chi connectivity index (χ0n) is 14.9. The Balaban J connectivity index is 1.25.